The van der Waals surface area contributed by atoms with Crippen LogP contribution in [0.15, 0.2) is 35.3 Å². The average molecular weight is 550 g/mol. The molecular weight excluding hydrogens is 510 g/mol. The van der Waals surface area contributed by atoms with Gasteiger partial charge in [-0.2, -0.15) is 11.8 Å². The quantitative estimate of drug-likeness (QED) is 0.0937. The van der Waals surface area contributed by atoms with E-state index in [1.807, 2.05) is 36.6 Å². The lowest BCUT2D eigenvalue weighted by molar-refractivity contribution is -0.145. The number of carbonyl (C=O) groups is 4. The SMILES string of the molecule is CSCCC(NC(=O)C1CCCN1C(=O)C(CCCN=C(N)N)NC(=O)C(N)Cc1ccccc1)C(=O)O. The van der Waals surface area contributed by atoms with Crippen molar-refractivity contribution >= 4 is 41.4 Å². The molecule has 38 heavy (non-hydrogen) atoms. The van der Waals surface area contributed by atoms with E-state index in [4.69, 9.17) is 17.2 Å². The van der Waals surface area contributed by atoms with Crippen LogP contribution < -0.4 is 27.8 Å². The van der Waals surface area contributed by atoms with Crippen LogP contribution >= 0.6 is 11.8 Å². The zero-order valence-electron chi connectivity index (χ0n) is 21.7. The van der Waals surface area contributed by atoms with Crippen LogP contribution in [0.5, 0.6) is 0 Å². The van der Waals surface area contributed by atoms with Gasteiger partial charge in [0.05, 0.1) is 6.04 Å². The van der Waals surface area contributed by atoms with Crippen molar-refractivity contribution < 1.29 is 24.3 Å². The van der Waals surface area contributed by atoms with Crippen molar-refractivity contribution in [3.05, 3.63) is 35.9 Å². The molecule has 1 aliphatic rings. The summed E-state index contributed by atoms with van der Waals surface area (Å²) in [5.74, 6) is -2.07. The van der Waals surface area contributed by atoms with Crippen LogP contribution in [0.1, 0.15) is 37.7 Å². The second-order valence-corrected chi connectivity index (χ2v) is 10.2. The molecule has 210 valence electrons. The first-order valence-electron chi connectivity index (χ1n) is 12.6. The molecule has 2 rings (SSSR count). The summed E-state index contributed by atoms with van der Waals surface area (Å²) >= 11 is 1.48. The van der Waals surface area contributed by atoms with Gasteiger partial charge in [0.1, 0.15) is 18.1 Å². The number of hydrogen-bond acceptors (Lipinski definition) is 7. The third-order valence-electron chi connectivity index (χ3n) is 6.26. The van der Waals surface area contributed by atoms with Crippen molar-refractivity contribution in [3.63, 3.8) is 0 Å². The number of amides is 3. The Morgan fingerprint density at radius 2 is 1.84 bits per heavy atom. The maximum absolute atomic E-state index is 13.6. The van der Waals surface area contributed by atoms with Crippen LogP contribution in [-0.2, 0) is 25.6 Å². The van der Waals surface area contributed by atoms with E-state index in [2.05, 4.69) is 15.6 Å². The summed E-state index contributed by atoms with van der Waals surface area (Å²) in [5, 5.41) is 14.8. The molecule has 1 aromatic rings. The van der Waals surface area contributed by atoms with Gasteiger partial charge in [-0.05, 0) is 56.1 Å². The molecule has 9 N–H and O–H groups in total. The van der Waals surface area contributed by atoms with Gasteiger partial charge in [0.15, 0.2) is 5.96 Å². The lowest BCUT2D eigenvalue weighted by Gasteiger charge is -2.30. The molecule has 0 saturated carbocycles. The molecular formula is C25H39N7O5S. The zero-order chi connectivity index (χ0) is 28.1. The van der Waals surface area contributed by atoms with E-state index in [0.717, 1.165) is 5.56 Å². The predicted molar refractivity (Wildman–Crippen MR) is 147 cm³/mol. The van der Waals surface area contributed by atoms with E-state index in [1.54, 1.807) is 0 Å². The summed E-state index contributed by atoms with van der Waals surface area (Å²) in [6.45, 7) is 0.577. The molecule has 0 aliphatic carbocycles. The number of carboxylic acid groups (broad SMARTS) is 1. The number of hydrogen-bond donors (Lipinski definition) is 6. The van der Waals surface area contributed by atoms with Crippen LogP contribution in [0.3, 0.4) is 0 Å². The minimum absolute atomic E-state index is 0.0764. The van der Waals surface area contributed by atoms with Crippen LogP contribution in [-0.4, -0.2) is 88.9 Å². The summed E-state index contributed by atoms with van der Waals surface area (Å²) in [6.07, 6.45) is 4.03. The minimum Gasteiger partial charge on any atom is -0.480 e. The second kappa shape index (κ2) is 15.8. The van der Waals surface area contributed by atoms with Crippen molar-refractivity contribution in [3.8, 4) is 0 Å². The highest BCUT2D eigenvalue weighted by Gasteiger charge is 2.39. The van der Waals surface area contributed by atoms with Gasteiger partial charge >= 0.3 is 5.97 Å². The van der Waals surface area contributed by atoms with Gasteiger partial charge in [-0.25, -0.2) is 4.79 Å². The predicted octanol–water partition coefficient (Wildman–Crippen LogP) is -0.592. The molecule has 0 bridgehead atoms. The number of rotatable bonds is 15. The van der Waals surface area contributed by atoms with Crippen LogP contribution in [0.25, 0.3) is 0 Å². The van der Waals surface area contributed by atoms with Gasteiger partial charge in [0.25, 0.3) is 0 Å². The van der Waals surface area contributed by atoms with E-state index in [-0.39, 0.29) is 25.3 Å². The van der Waals surface area contributed by atoms with Gasteiger partial charge in [0.2, 0.25) is 17.7 Å². The zero-order valence-corrected chi connectivity index (χ0v) is 22.5. The lowest BCUT2D eigenvalue weighted by Crippen LogP contribution is -2.57. The minimum atomic E-state index is -1.12. The number of likely N-dealkylation sites (tertiary alicyclic amines) is 1. The summed E-state index contributed by atoms with van der Waals surface area (Å²) in [6, 6.07) is 5.60. The van der Waals surface area contributed by atoms with Crippen LogP contribution in [0.4, 0.5) is 0 Å². The Bertz CT molecular complexity index is 974. The van der Waals surface area contributed by atoms with Gasteiger partial charge in [-0.1, -0.05) is 30.3 Å². The summed E-state index contributed by atoms with van der Waals surface area (Å²) < 4.78 is 0. The first-order chi connectivity index (χ1) is 18.1. The molecule has 12 nitrogen and oxygen atoms in total. The van der Waals surface area contributed by atoms with Gasteiger partial charge in [0, 0.05) is 13.1 Å². The number of nitrogens with two attached hydrogens (primary N) is 3. The van der Waals surface area contributed by atoms with Crippen molar-refractivity contribution in [1.29, 1.82) is 0 Å². The number of carboxylic acids is 1. The average Bonchev–Trinajstić information content (AvgIpc) is 3.38. The van der Waals surface area contributed by atoms with Crippen LogP contribution in [0.2, 0.25) is 0 Å². The normalized spacial score (nSPS) is 17.2. The molecule has 1 aliphatic heterocycles. The highest BCUT2D eigenvalue weighted by molar-refractivity contribution is 7.98. The third-order valence-corrected chi connectivity index (χ3v) is 6.90. The van der Waals surface area contributed by atoms with Gasteiger partial charge < -0.3 is 37.8 Å². The van der Waals surface area contributed by atoms with Crippen molar-refractivity contribution in [1.82, 2.24) is 15.5 Å². The number of benzene rings is 1. The molecule has 0 aromatic heterocycles. The van der Waals surface area contributed by atoms with Gasteiger partial charge in [-0.3, -0.25) is 19.4 Å². The molecule has 1 aromatic carbocycles. The number of thioether (sulfide) groups is 1. The van der Waals surface area contributed by atoms with Gasteiger partial charge in [-0.15, -0.1) is 0 Å². The highest BCUT2D eigenvalue weighted by atomic mass is 32.2. The Balaban J connectivity index is 2.12. The number of nitrogens with one attached hydrogen (secondary N) is 2. The van der Waals surface area contributed by atoms with Crippen molar-refractivity contribution in [2.24, 2.45) is 22.2 Å². The van der Waals surface area contributed by atoms with Crippen molar-refractivity contribution in [2.75, 3.05) is 25.1 Å². The molecule has 4 unspecified atom stereocenters. The highest BCUT2D eigenvalue weighted by Crippen LogP contribution is 2.20. The smallest absolute Gasteiger partial charge is 0.326 e. The molecule has 1 fully saturated rings. The number of aliphatic imine (C=N–C) groups is 1. The summed E-state index contributed by atoms with van der Waals surface area (Å²) in [5.41, 5.74) is 17.8. The van der Waals surface area contributed by atoms with E-state index >= 15 is 0 Å². The molecule has 0 spiro atoms. The topological polar surface area (TPSA) is 206 Å². The Morgan fingerprint density at radius 1 is 1.13 bits per heavy atom. The standard InChI is InChI=1S/C25H39N7O5S/c1-38-14-11-19(24(36)37)31-22(34)20-10-6-13-32(20)23(35)18(9-5-12-29-25(27)28)30-21(33)17(26)15-16-7-3-2-4-8-16/h2-4,7-8,17-20H,5-6,9-15,26H2,1H3,(H,30,33)(H,31,34)(H,36,37)(H4,27,28,29). The van der Waals surface area contributed by atoms with Crippen LogP contribution in [0, 0.1) is 0 Å². The maximum atomic E-state index is 13.6. The van der Waals surface area contributed by atoms with Crippen molar-refractivity contribution in [2.45, 2.75) is 62.7 Å². The first kappa shape index (κ1) is 30.9. The Morgan fingerprint density at radius 3 is 2.47 bits per heavy atom. The lowest BCUT2D eigenvalue weighted by atomic mass is 10.0. The number of carbonyl (C=O) groups excluding carboxylic acids is 3. The number of guanidine groups is 1. The fourth-order valence-electron chi connectivity index (χ4n) is 4.26. The monoisotopic (exact) mass is 549 g/mol. The Hall–Kier alpha value is -3.32. The first-order valence-corrected chi connectivity index (χ1v) is 14.0. The Kier molecular flexibility index (Phi) is 12.9. The molecule has 4 atom stereocenters. The summed E-state index contributed by atoms with van der Waals surface area (Å²) in [7, 11) is 0. The molecule has 1 heterocycles. The molecule has 0 radical (unpaired) electrons. The van der Waals surface area contributed by atoms with E-state index in [9.17, 15) is 24.3 Å². The fourth-order valence-corrected chi connectivity index (χ4v) is 4.74. The Labute approximate surface area is 227 Å². The molecule has 3 amide bonds. The van der Waals surface area contributed by atoms with E-state index < -0.39 is 47.9 Å². The number of nitrogens with zero attached hydrogens (tertiary/aromatic N) is 2. The maximum Gasteiger partial charge on any atom is 0.326 e. The van der Waals surface area contributed by atoms with E-state index in [1.165, 1.54) is 16.7 Å². The largest absolute Gasteiger partial charge is 0.480 e. The third kappa shape index (κ3) is 9.86. The van der Waals surface area contributed by atoms with E-state index in [0.29, 0.717) is 38.0 Å². The molecule has 13 heteroatoms. The molecule has 1 saturated heterocycles. The number of aliphatic carboxylic acids is 1. The second-order valence-electron chi connectivity index (χ2n) is 9.18. The fraction of sp³-hybridized carbons (Fsp3) is 0.560. The summed E-state index contributed by atoms with van der Waals surface area (Å²) in [4.78, 5) is 56.5.